The zero-order valence-electron chi connectivity index (χ0n) is 14.3. The van der Waals surface area contributed by atoms with Gasteiger partial charge in [0.15, 0.2) is 6.61 Å². The monoisotopic (exact) mass is 386 g/mol. The second-order valence-corrected chi connectivity index (χ2v) is 5.80. The molecule has 0 spiro atoms. The molecular formula is C19H15ClN2O5. The van der Waals surface area contributed by atoms with Gasteiger partial charge in [0.05, 0.1) is 7.11 Å². The summed E-state index contributed by atoms with van der Waals surface area (Å²) in [6.45, 7) is -0.397. The van der Waals surface area contributed by atoms with E-state index in [1.807, 2.05) is 12.1 Å². The van der Waals surface area contributed by atoms with Gasteiger partial charge in [-0.3, -0.25) is 0 Å². The van der Waals surface area contributed by atoms with Gasteiger partial charge >= 0.3 is 5.97 Å². The molecule has 0 amide bonds. The zero-order chi connectivity index (χ0) is 19.2. The molecule has 0 radical (unpaired) electrons. The molecule has 0 saturated carbocycles. The molecule has 1 aromatic heterocycles. The van der Waals surface area contributed by atoms with E-state index in [1.54, 1.807) is 49.6 Å². The second-order valence-electron chi connectivity index (χ2n) is 5.40. The Bertz CT molecular complexity index is 949. The number of hydrogen-bond donors (Lipinski definition) is 1. The highest BCUT2D eigenvalue weighted by atomic mass is 35.5. The van der Waals surface area contributed by atoms with Crippen LogP contribution in [0.15, 0.2) is 53.1 Å². The van der Waals surface area contributed by atoms with E-state index >= 15 is 0 Å². The summed E-state index contributed by atoms with van der Waals surface area (Å²) >= 11 is 6.27. The lowest BCUT2D eigenvalue weighted by Gasteiger charge is -2.03. The van der Waals surface area contributed by atoms with E-state index in [9.17, 15) is 4.79 Å². The third-order valence-corrected chi connectivity index (χ3v) is 3.79. The number of nitrogens with zero attached hydrogens (tertiary/aromatic N) is 2. The third kappa shape index (κ3) is 4.86. The normalized spacial score (nSPS) is 11.3. The number of benzene rings is 2. The predicted molar refractivity (Wildman–Crippen MR) is 99.6 cm³/mol. The number of rotatable bonds is 7. The number of ether oxygens (including phenoxy) is 2. The topological polar surface area (TPSA) is 94.7 Å². The molecule has 7 nitrogen and oxygen atoms in total. The van der Waals surface area contributed by atoms with E-state index in [4.69, 9.17) is 30.7 Å². The van der Waals surface area contributed by atoms with Crippen molar-refractivity contribution in [3.05, 3.63) is 60.0 Å². The first-order chi connectivity index (χ1) is 13.0. The van der Waals surface area contributed by atoms with Crippen molar-refractivity contribution in [1.29, 1.82) is 0 Å². The van der Waals surface area contributed by atoms with Crippen molar-refractivity contribution in [3.8, 4) is 22.9 Å². The minimum atomic E-state index is -1.04. The standard InChI is InChI=1S/C19H15ClN2O5/c1-25-14-8-4-13(5-9-14)18-21-19(27-22-18)16(20)10-12-2-6-15(7-3-12)26-11-17(23)24/h2-10H,11H2,1H3,(H,23,24)/b16-10-. The van der Waals surface area contributed by atoms with E-state index in [2.05, 4.69) is 10.1 Å². The van der Waals surface area contributed by atoms with Gasteiger partial charge in [-0.25, -0.2) is 4.79 Å². The van der Waals surface area contributed by atoms with Crippen LogP contribution in [0.1, 0.15) is 11.5 Å². The quantitative estimate of drug-likeness (QED) is 0.656. The van der Waals surface area contributed by atoms with Crippen molar-refractivity contribution in [1.82, 2.24) is 10.1 Å². The maximum Gasteiger partial charge on any atom is 0.341 e. The fourth-order valence-electron chi connectivity index (χ4n) is 2.19. The van der Waals surface area contributed by atoms with E-state index in [-0.39, 0.29) is 10.9 Å². The van der Waals surface area contributed by atoms with Gasteiger partial charge in [-0.1, -0.05) is 28.9 Å². The van der Waals surface area contributed by atoms with Crippen LogP contribution in [0.2, 0.25) is 0 Å². The van der Waals surface area contributed by atoms with Crippen LogP contribution < -0.4 is 9.47 Å². The Labute approximate surface area is 159 Å². The summed E-state index contributed by atoms with van der Waals surface area (Å²) in [5.74, 6) is 0.748. The summed E-state index contributed by atoms with van der Waals surface area (Å²) < 4.78 is 15.4. The van der Waals surface area contributed by atoms with Crippen LogP contribution in [0, 0.1) is 0 Å². The Morgan fingerprint density at radius 3 is 2.44 bits per heavy atom. The van der Waals surface area contributed by atoms with Gasteiger partial charge < -0.3 is 19.1 Å². The van der Waals surface area contributed by atoms with Crippen LogP contribution in [0.25, 0.3) is 22.5 Å². The fraction of sp³-hybridized carbons (Fsp3) is 0.105. The van der Waals surface area contributed by atoms with Crippen molar-refractivity contribution in [2.75, 3.05) is 13.7 Å². The largest absolute Gasteiger partial charge is 0.497 e. The minimum Gasteiger partial charge on any atom is -0.497 e. The summed E-state index contributed by atoms with van der Waals surface area (Å²) in [5.41, 5.74) is 1.54. The molecule has 0 fully saturated rings. The van der Waals surface area contributed by atoms with Gasteiger partial charge in [0, 0.05) is 5.56 Å². The lowest BCUT2D eigenvalue weighted by atomic mass is 10.2. The maximum atomic E-state index is 10.5. The molecule has 0 unspecified atom stereocenters. The molecular weight excluding hydrogens is 372 g/mol. The molecule has 0 saturated heterocycles. The number of carboxylic acids is 1. The van der Waals surface area contributed by atoms with Crippen LogP contribution in [-0.4, -0.2) is 34.9 Å². The Morgan fingerprint density at radius 1 is 1.15 bits per heavy atom. The summed E-state index contributed by atoms with van der Waals surface area (Å²) in [6.07, 6.45) is 1.66. The Morgan fingerprint density at radius 2 is 1.81 bits per heavy atom. The highest BCUT2D eigenvalue weighted by Gasteiger charge is 2.12. The summed E-state index contributed by atoms with van der Waals surface area (Å²) in [6, 6.07) is 14.0. The van der Waals surface area contributed by atoms with Crippen molar-refractivity contribution in [2.24, 2.45) is 0 Å². The maximum absolute atomic E-state index is 10.5. The van der Waals surface area contributed by atoms with E-state index in [0.717, 1.165) is 16.9 Å². The molecule has 3 rings (SSSR count). The SMILES string of the molecule is COc1ccc(-c2noc(/C(Cl)=C/c3ccc(OCC(=O)O)cc3)n2)cc1. The van der Waals surface area contributed by atoms with Crippen LogP contribution in [-0.2, 0) is 4.79 Å². The lowest BCUT2D eigenvalue weighted by Crippen LogP contribution is -2.09. The number of hydrogen-bond acceptors (Lipinski definition) is 6. The smallest absolute Gasteiger partial charge is 0.341 e. The molecule has 1 N–H and O–H groups in total. The third-order valence-electron chi connectivity index (χ3n) is 3.51. The lowest BCUT2D eigenvalue weighted by molar-refractivity contribution is -0.139. The van der Waals surface area contributed by atoms with Gasteiger partial charge in [-0.15, -0.1) is 0 Å². The molecule has 138 valence electrons. The first kappa shape index (κ1) is 18.5. The fourth-order valence-corrected chi connectivity index (χ4v) is 2.39. The number of methoxy groups -OCH3 is 1. The zero-order valence-corrected chi connectivity index (χ0v) is 15.0. The van der Waals surface area contributed by atoms with Gasteiger partial charge in [0.1, 0.15) is 16.5 Å². The minimum absolute atomic E-state index is 0.189. The van der Waals surface area contributed by atoms with Crippen LogP contribution >= 0.6 is 11.6 Å². The van der Waals surface area contributed by atoms with Crippen LogP contribution in [0.3, 0.4) is 0 Å². The summed E-state index contributed by atoms with van der Waals surface area (Å²) in [5, 5.41) is 12.8. The molecule has 3 aromatic rings. The first-order valence-electron chi connectivity index (χ1n) is 7.85. The van der Waals surface area contributed by atoms with E-state index in [0.29, 0.717) is 11.6 Å². The highest BCUT2D eigenvalue weighted by molar-refractivity contribution is 6.50. The number of aromatic nitrogens is 2. The number of aliphatic carboxylic acids is 1. The molecule has 0 atom stereocenters. The van der Waals surface area contributed by atoms with E-state index in [1.165, 1.54) is 0 Å². The molecule has 0 bridgehead atoms. The predicted octanol–water partition coefficient (Wildman–Crippen LogP) is 3.95. The highest BCUT2D eigenvalue weighted by Crippen LogP contribution is 2.25. The molecule has 27 heavy (non-hydrogen) atoms. The van der Waals surface area contributed by atoms with Crippen molar-refractivity contribution < 1.29 is 23.9 Å². The van der Waals surface area contributed by atoms with Crippen LogP contribution in [0.4, 0.5) is 0 Å². The first-order valence-corrected chi connectivity index (χ1v) is 8.23. The molecule has 0 aliphatic carbocycles. The number of halogens is 1. The van der Waals surface area contributed by atoms with Gasteiger partial charge in [-0.05, 0) is 48.0 Å². The van der Waals surface area contributed by atoms with Gasteiger partial charge in [0.2, 0.25) is 5.82 Å². The Kier molecular flexibility index (Phi) is 5.73. The average molecular weight is 387 g/mol. The van der Waals surface area contributed by atoms with Crippen molar-refractivity contribution >= 4 is 28.7 Å². The van der Waals surface area contributed by atoms with E-state index < -0.39 is 12.6 Å². The number of carboxylic acid groups (broad SMARTS) is 1. The van der Waals surface area contributed by atoms with Gasteiger partial charge in [0.25, 0.3) is 5.89 Å². The number of carbonyl (C=O) groups is 1. The molecule has 0 aliphatic heterocycles. The Balaban J connectivity index is 1.72. The molecule has 1 heterocycles. The van der Waals surface area contributed by atoms with Gasteiger partial charge in [-0.2, -0.15) is 4.98 Å². The van der Waals surface area contributed by atoms with Crippen molar-refractivity contribution in [3.63, 3.8) is 0 Å². The summed E-state index contributed by atoms with van der Waals surface area (Å²) in [7, 11) is 1.59. The van der Waals surface area contributed by atoms with Crippen molar-refractivity contribution in [2.45, 2.75) is 0 Å². The molecule has 8 heteroatoms. The molecule has 2 aromatic carbocycles. The summed E-state index contributed by atoms with van der Waals surface area (Å²) in [4.78, 5) is 14.8. The average Bonchev–Trinajstić information content (AvgIpc) is 3.18. The molecule has 0 aliphatic rings. The second kappa shape index (κ2) is 8.37. The van der Waals surface area contributed by atoms with Crippen LogP contribution in [0.5, 0.6) is 11.5 Å². The Hall–Kier alpha value is -3.32.